The average Bonchev–Trinajstić information content (AvgIpc) is 3.16. The lowest BCUT2D eigenvalue weighted by molar-refractivity contribution is 0.312. The van der Waals surface area contributed by atoms with Gasteiger partial charge < -0.3 is 15.1 Å². The second kappa shape index (κ2) is 7.53. The maximum Gasteiger partial charge on any atom is 0.138 e. The topological polar surface area (TPSA) is 48.7 Å². The van der Waals surface area contributed by atoms with Crippen molar-refractivity contribution in [3.05, 3.63) is 59.7 Å². The number of nitrogens with zero attached hydrogens (tertiary/aromatic N) is 5. The van der Waals surface area contributed by atoms with Crippen molar-refractivity contribution >= 4 is 11.5 Å². The number of hydrogen-bond acceptors (Lipinski definition) is 5. The van der Waals surface area contributed by atoms with Crippen LogP contribution < -0.4 is 10.2 Å². The lowest BCUT2D eigenvalue weighted by Crippen LogP contribution is -2.45. The van der Waals surface area contributed by atoms with Gasteiger partial charge in [0.15, 0.2) is 0 Å². The van der Waals surface area contributed by atoms with Crippen molar-refractivity contribution in [2.24, 2.45) is 0 Å². The number of rotatable bonds is 4. The summed E-state index contributed by atoms with van der Waals surface area (Å²) in [5.74, 6) is 1.24. The number of nitrogens with one attached hydrogen (secondary N) is 1. The lowest BCUT2D eigenvalue weighted by Gasteiger charge is -2.34. The van der Waals surface area contributed by atoms with Crippen LogP contribution in [0.2, 0.25) is 0 Å². The van der Waals surface area contributed by atoms with Crippen LogP contribution in [-0.2, 0) is 13.0 Å². The Balaban J connectivity index is 1.34. The SMILES string of the molecule is CN1CCN(c2cccc3nc(CN[C@H]4CCCc5cccnc54)cn23)CC1. The molecule has 0 saturated carbocycles. The van der Waals surface area contributed by atoms with Gasteiger partial charge in [0.1, 0.15) is 11.5 Å². The fourth-order valence-electron chi connectivity index (χ4n) is 4.46. The van der Waals surface area contributed by atoms with Crippen LogP contribution in [0, 0.1) is 0 Å². The summed E-state index contributed by atoms with van der Waals surface area (Å²) in [6.45, 7) is 5.10. The molecular formula is C22H28N6. The normalized spacial score (nSPS) is 20.5. The molecule has 0 radical (unpaired) electrons. The zero-order chi connectivity index (χ0) is 18.9. The Kier molecular flexibility index (Phi) is 4.74. The van der Waals surface area contributed by atoms with Crippen molar-refractivity contribution in [1.29, 1.82) is 0 Å². The highest BCUT2D eigenvalue weighted by atomic mass is 15.3. The van der Waals surface area contributed by atoms with E-state index in [4.69, 9.17) is 4.98 Å². The Morgan fingerprint density at radius 1 is 1.11 bits per heavy atom. The summed E-state index contributed by atoms with van der Waals surface area (Å²) in [5, 5.41) is 3.70. The maximum absolute atomic E-state index is 4.87. The monoisotopic (exact) mass is 376 g/mol. The molecule has 1 saturated heterocycles. The van der Waals surface area contributed by atoms with E-state index < -0.39 is 0 Å². The van der Waals surface area contributed by atoms with Gasteiger partial charge in [0.05, 0.1) is 17.4 Å². The Hall–Kier alpha value is -2.44. The molecule has 1 aliphatic carbocycles. The largest absolute Gasteiger partial charge is 0.355 e. The maximum atomic E-state index is 4.87. The minimum absolute atomic E-state index is 0.326. The molecule has 3 aromatic rings. The van der Waals surface area contributed by atoms with Gasteiger partial charge in [-0.15, -0.1) is 0 Å². The molecular weight excluding hydrogens is 348 g/mol. The molecule has 5 rings (SSSR count). The number of pyridine rings is 2. The Labute approximate surface area is 166 Å². The summed E-state index contributed by atoms with van der Waals surface area (Å²) in [6.07, 6.45) is 7.60. The number of aryl methyl sites for hydroxylation is 1. The van der Waals surface area contributed by atoms with Crippen LogP contribution in [0.3, 0.4) is 0 Å². The molecule has 1 fully saturated rings. The van der Waals surface area contributed by atoms with E-state index in [0.717, 1.165) is 56.9 Å². The van der Waals surface area contributed by atoms with E-state index in [1.165, 1.54) is 23.5 Å². The second-order valence-corrected chi connectivity index (χ2v) is 8.01. The van der Waals surface area contributed by atoms with Gasteiger partial charge in [-0.05, 0) is 50.1 Å². The van der Waals surface area contributed by atoms with Gasteiger partial charge in [-0.2, -0.15) is 0 Å². The van der Waals surface area contributed by atoms with Crippen LogP contribution in [0.1, 0.15) is 35.8 Å². The molecule has 1 aliphatic heterocycles. The van der Waals surface area contributed by atoms with Crippen LogP contribution in [0.15, 0.2) is 42.7 Å². The molecule has 1 atom stereocenters. The first-order valence-electron chi connectivity index (χ1n) is 10.4. The van der Waals surface area contributed by atoms with Crippen LogP contribution in [0.5, 0.6) is 0 Å². The van der Waals surface area contributed by atoms with Crippen molar-refractivity contribution < 1.29 is 0 Å². The number of likely N-dealkylation sites (N-methyl/N-ethyl adjacent to an activating group) is 1. The summed E-state index contributed by atoms with van der Waals surface area (Å²) < 4.78 is 2.25. The van der Waals surface area contributed by atoms with Crippen LogP contribution in [-0.4, -0.2) is 52.5 Å². The van der Waals surface area contributed by atoms with Crippen molar-refractivity contribution in [3.8, 4) is 0 Å². The van der Waals surface area contributed by atoms with Crippen LogP contribution in [0.25, 0.3) is 5.65 Å². The highest BCUT2D eigenvalue weighted by Crippen LogP contribution is 2.28. The van der Waals surface area contributed by atoms with Gasteiger partial charge in [0, 0.05) is 45.1 Å². The van der Waals surface area contributed by atoms with Gasteiger partial charge in [-0.3, -0.25) is 9.38 Å². The third-order valence-corrected chi connectivity index (χ3v) is 6.07. The van der Waals surface area contributed by atoms with Gasteiger partial charge in [0.25, 0.3) is 0 Å². The highest BCUT2D eigenvalue weighted by Gasteiger charge is 2.21. The number of hydrogen-bond donors (Lipinski definition) is 1. The predicted molar refractivity (Wildman–Crippen MR) is 112 cm³/mol. The number of imidazole rings is 1. The van der Waals surface area contributed by atoms with E-state index in [2.05, 4.69) is 62.0 Å². The van der Waals surface area contributed by atoms with E-state index >= 15 is 0 Å². The summed E-state index contributed by atoms with van der Waals surface area (Å²) in [4.78, 5) is 14.4. The number of piperazine rings is 1. The van der Waals surface area contributed by atoms with Crippen molar-refractivity contribution in [2.75, 3.05) is 38.1 Å². The number of anilines is 1. The van der Waals surface area contributed by atoms with Crippen LogP contribution in [0.4, 0.5) is 5.82 Å². The fourth-order valence-corrected chi connectivity index (χ4v) is 4.46. The van der Waals surface area contributed by atoms with E-state index in [0.29, 0.717) is 6.04 Å². The molecule has 0 amide bonds. The summed E-state index contributed by atoms with van der Waals surface area (Å²) in [6, 6.07) is 11.0. The van der Waals surface area contributed by atoms with Gasteiger partial charge in [0.2, 0.25) is 0 Å². The van der Waals surface area contributed by atoms with E-state index in [1.54, 1.807) is 0 Å². The van der Waals surface area contributed by atoms with Crippen molar-refractivity contribution in [3.63, 3.8) is 0 Å². The number of aromatic nitrogens is 3. The first-order valence-corrected chi connectivity index (χ1v) is 10.4. The minimum Gasteiger partial charge on any atom is -0.355 e. The predicted octanol–water partition coefficient (Wildman–Crippen LogP) is 2.65. The third kappa shape index (κ3) is 3.38. The number of fused-ring (bicyclic) bond motifs is 2. The third-order valence-electron chi connectivity index (χ3n) is 6.07. The molecule has 0 aromatic carbocycles. The van der Waals surface area contributed by atoms with E-state index in [-0.39, 0.29) is 0 Å². The minimum atomic E-state index is 0.326. The highest BCUT2D eigenvalue weighted by molar-refractivity contribution is 5.52. The Morgan fingerprint density at radius 3 is 2.89 bits per heavy atom. The van der Waals surface area contributed by atoms with Gasteiger partial charge in [-0.25, -0.2) is 4.98 Å². The van der Waals surface area contributed by atoms with E-state index in [9.17, 15) is 0 Å². The summed E-state index contributed by atoms with van der Waals surface area (Å²) in [7, 11) is 2.19. The quantitative estimate of drug-likeness (QED) is 0.759. The van der Waals surface area contributed by atoms with Gasteiger partial charge >= 0.3 is 0 Å². The van der Waals surface area contributed by atoms with Crippen LogP contribution >= 0.6 is 0 Å². The zero-order valence-corrected chi connectivity index (χ0v) is 16.5. The van der Waals surface area contributed by atoms with Crippen molar-refractivity contribution in [1.82, 2.24) is 24.6 Å². The Morgan fingerprint density at radius 2 is 2.00 bits per heavy atom. The standard InChI is InChI=1S/C22H28N6/c1-26-11-13-27(14-12-26)21-9-3-8-20-25-18(16-28(20)21)15-24-19-7-2-5-17-6-4-10-23-22(17)19/h3-4,6,8-10,16,19,24H,2,5,7,11-15H2,1H3/t19-/m0/s1. The average molecular weight is 377 g/mol. The molecule has 6 heteroatoms. The van der Waals surface area contributed by atoms with Crippen molar-refractivity contribution in [2.45, 2.75) is 31.8 Å². The second-order valence-electron chi connectivity index (χ2n) is 8.01. The molecule has 1 N–H and O–H groups in total. The molecule has 4 heterocycles. The molecule has 6 nitrogen and oxygen atoms in total. The first kappa shape index (κ1) is 17.6. The molecule has 28 heavy (non-hydrogen) atoms. The molecule has 146 valence electrons. The molecule has 2 aliphatic rings. The zero-order valence-electron chi connectivity index (χ0n) is 16.5. The molecule has 3 aromatic heterocycles. The Bertz CT molecular complexity index is 957. The molecule has 0 spiro atoms. The summed E-state index contributed by atoms with van der Waals surface area (Å²) in [5.41, 5.74) is 4.72. The van der Waals surface area contributed by atoms with Gasteiger partial charge in [-0.1, -0.05) is 12.1 Å². The molecule has 0 bridgehead atoms. The fraction of sp³-hybridized carbons (Fsp3) is 0.455. The first-order chi connectivity index (χ1) is 13.8. The summed E-state index contributed by atoms with van der Waals surface area (Å²) >= 11 is 0. The molecule has 0 unspecified atom stereocenters. The smallest absolute Gasteiger partial charge is 0.138 e. The lowest BCUT2D eigenvalue weighted by atomic mass is 9.92. The van der Waals surface area contributed by atoms with E-state index in [1.807, 2.05) is 12.3 Å².